The number of hydrogen-bond donors (Lipinski definition) is 2. The molecule has 0 spiro atoms. The molecule has 1 aliphatic carbocycles. The van der Waals surface area contributed by atoms with Crippen LogP contribution in [0, 0.1) is 10.8 Å². The van der Waals surface area contributed by atoms with Crippen LogP contribution in [-0.2, 0) is 0 Å². The van der Waals surface area contributed by atoms with Crippen LogP contribution in [0.1, 0.15) is 40.0 Å². The van der Waals surface area contributed by atoms with Crippen LogP contribution in [0.4, 0.5) is 0 Å². The molecular formula is C10H20O2. The molecule has 1 saturated carbocycles. The van der Waals surface area contributed by atoms with E-state index in [1.54, 1.807) is 0 Å². The third kappa shape index (κ3) is 1.80. The minimum Gasteiger partial charge on any atom is -0.396 e. The van der Waals surface area contributed by atoms with Crippen LogP contribution >= 0.6 is 0 Å². The van der Waals surface area contributed by atoms with Crippen molar-refractivity contribution in [2.24, 2.45) is 10.8 Å². The van der Waals surface area contributed by atoms with Gasteiger partial charge in [0.05, 0.1) is 6.10 Å². The first-order chi connectivity index (χ1) is 5.40. The molecule has 0 aromatic heterocycles. The molecule has 0 radical (unpaired) electrons. The molecule has 2 N–H and O–H groups in total. The summed E-state index contributed by atoms with van der Waals surface area (Å²) in [7, 11) is 0. The van der Waals surface area contributed by atoms with E-state index in [1.165, 1.54) is 0 Å². The molecule has 0 amide bonds. The van der Waals surface area contributed by atoms with E-state index in [0.29, 0.717) is 0 Å². The molecule has 72 valence electrons. The zero-order chi connectivity index (χ0) is 9.41. The van der Waals surface area contributed by atoms with Gasteiger partial charge in [-0.15, -0.1) is 0 Å². The predicted molar refractivity (Wildman–Crippen MR) is 48.8 cm³/mol. The number of aliphatic hydroxyl groups excluding tert-OH is 2. The monoisotopic (exact) mass is 172 g/mol. The summed E-state index contributed by atoms with van der Waals surface area (Å²) in [6, 6.07) is 0. The molecule has 0 heterocycles. The Labute approximate surface area is 74.6 Å². The van der Waals surface area contributed by atoms with Crippen LogP contribution in [0.25, 0.3) is 0 Å². The summed E-state index contributed by atoms with van der Waals surface area (Å²) < 4.78 is 0. The standard InChI is InChI=1S/C10H20O2/c1-9(2)6-10(3,7-11)5-4-8(9)12/h8,11-12H,4-7H2,1-3H3. The van der Waals surface area contributed by atoms with Crippen molar-refractivity contribution in [2.75, 3.05) is 6.61 Å². The molecule has 2 nitrogen and oxygen atoms in total. The molecule has 0 aliphatic heterocycles. The first-order valence-corrected chi connectivity index (χ1v) is 4.69. The fourth-order valence-corrected chi connectivity index (χ4v) is 2.32. The molecule has 0 aromatic rings. The Morgan fingerprint density at radius 1 is 1.33 bits per heavy atom. The van der Waals surface area contributed by atoms with Gasteiger partial charge in [0.15, 0.2) is 0 Å². The molecule has 2 unspecified atom stereocenters. The van der Waals surface area contributed by atoms with Crippen LogP contribution in [0.15, 0.2) is 0 Å². The maximum absolute atomic E-state index is 9.68. The Morgan fingerprint density at radius 3 is 2.33 bits per heavy atom. The Balaban J connectivity index is 2.68. The maximum atomic E-state index is 9.68. The normalized spacial score (nSPS) is 41.2. The van der Waals surface area contributed by atoms with Crippen molar-refractivity contribution in [1.29, 1.82) is 0 Å². The van der Waals surface area contributed by atoms with Gasteiger partial charge < -0.3 is 10.2 Å². The largest absolute Gasteiger partial charge is 0.396 e. The van der Waals surface area contributed by atoms with E-state index in [9.17, 15) is 10.2 Å². The van der Waals surface area contributed by atoms with E-state index in [0.717, 1.165) is 19.3 Å². The van der Waals surface area contributed by atoms with Crippen molar-refractivity contribution in [2.45, 2.75) is 46.1 Å². The Hall–Kier alpha value is -0.0800. The predicted octanol–water partition coefficient (Wildman–Crippen LogP) is 1.56. The smallest absolute Gasteiger partial charge is 0.0591 e. The highest BCUT2D eigenvalue weighted by atomic mass is 16.3. The number of hydrogen-bond acceptors (Lipinski definition) is 2. The number of aliphatic hydroxyl groups is 2. The molecule has 12 heavy (non-hydrogen) atoms. The van der Waals surface area contributed by atoms with Gasteiger partial charge in [-0.25, -0.2) is 0 Å². The summed E-state index contributed by atoms with van der Waals surface area (Å²) in [5, 5.41) is 18.9. The van der Waals surface area contributed by atoms with Crippen molar-refractivity contribution in [1.82, 2.24) is 0 Å². The lowest BCUT2D eigenvalue weighted by molar-refractivity contribution is -0.0545. The Bertz CT molecular complexity index is 162. The van der Waals surface area contributed by atoms with Gasteiger partial charge in [-0.1, -0.05) is 20.8 Å². The van der Waals surface area contributed by atoms with Gasteiger partial charge in [0.25, 0.3) is 0 Å². The van der Waals surface area contributed by atoms with Gasteiger partial charge in [0.2, 0.25) is 0 Å². The van der Waals surface area contributed by atoms with E-state index in [-0.39, 0.29) is 23.5 Å². The van der Waals surface area contributed by atoms with Gasteiger partial charge in [0.1, 0.15) is 0 Å². The molecule has 0 aromatic carbocycles. The fraction of sp³-hybridized carbons (Fsp3) is 1.00. The maximum Gasteiger partial charge on any atom is 0.0591 e. The van der Waals surface area contributed by atoms with Crippen molar-refractivity contribution in [3.63, 3.8) is 0 Å². The van der Waals surface area contributed by atoms with Gasteiger partial charge in [-0.2, -0.15) is 0 Å². The van der Waals surface area contributed by atoms with Gasteiger partial charge >= 0.3 is 0 Å². The van der Waals surface area contributed by atoms with Crippen LogP contribution < -0.4 is 0 Å². The minimum atomic E-state index is -0.197. The van der Waals surface area contributed by atoms with Gasteiger partial charge in [-0.3, -0.25) is 0 Å². The number of rotatable bonds is 1. The first-order valence-electron chi connectivity index (χ1n) is 4.69. The first kappa shape index (κ1) is 10.0. The summed E-state index contributed by atoms with van der Waals surface area (Å²) in [4.78, 5) is 0. The lowest BCUT2D eigenvalue weighted by Gasteiger charge is -2.45. The molecule has 1 aliphatic rings. The van der Waals surface area contributed by atoms with E-state index >= 15 is 0 Å². The van der Waals surface area contributed by atoms with Crippen molar-refractivity contribution < 1.29 is 10.2 Å². The molecule has 2 heteroatoms. The molecule has 0 bridgehead atoms. The topological polar surface area (TPSA) is 40.5 Å². The van der Waals surface area contributed by atoms with E-state index in [2.05, 4.69) is 20.8 Å². The van der Waals surface area contributed by atoms with Crippen molar-refractivity contribution >= 4 is 0 Å². The Kier molecular flexibility index (Phi) is 2.50. The lowest BCUT2D eigenvalue weighted by atomic mass is 9.63. The summed E-state index contributed by atoms with van der Waals surface area (Å²) in [6.45, 7) is 6.49. The van der Waals surface area contributed by atoms with Crippen molar-refractivity contribution in [3.8, 4) is 0 Å². The van der Waals surface area contributed by atoms with Gasteiger partial charge in [-0.05, 0) is 30.1 Å². The molecule has 1 fully saturated rings. The Morgan fingerprint density at radius 2 is 1.92 bits per heavy atom. The third-order valence-corrected chi connectivity index (χ3v) is 3.19. The summed E-state index contributed by atoms with van der Waals surface area (Å²) >= 11 is 0. The van der Waals surface area contributed by atoms with Crippen LogP contribution in [0.2, 0.25) is 0 Å². The van der Waals surface area contributed by atoms with Crippen molar-refractivity contribution in [3.05, 3.63) is 0 Å². The SMILES string of the molecule is CC1(CO)CCC(O)C(C)(C)C1. The second-order valence-electron chi connectivity index (χ2n) is 5.19. The molecule has 2 atom stereocenters. The molecule has 1 rings (SSSR count). The third-order valence-electron chi connectivity index (χ3n) is 3.19. The fourth-order valence-electron chi connectivity index (χ4n) is 2.32. The van der Waals surface area contributed by atoms with Crippen LogP contribution in [0.3, 0.4) is 0 Å². The second kappa shape index (κ2) is 3.00. The quantitative estimate of drug-likeness (QED) is 0.630. The van der Waals surface area contributed by atoms with Gasteiger partial charge in [0, 0.05) is 6.61 Å². The van der Waals surface area contributed by atoms with E-state index in [1.807, 2.05) is 0 Å². The molecule has 0 saturated heterocycles. The highest BCUT2D eigenvalue weighted by molar-refractivity contribution is 4.92. The minimum absolute atomic E-state index is 0.0305. The average Bonchev–Trinajstić information content (AvgIpc) is 1.97. The van der Waals surface area contributed by atoms with E-state index in [4.69, 9.17) is 0 Å². The summed E-state index contributed by atoms with van der Waals surface area (Å²) in [6.07, 6.45) is 2.48. The van der Waals surface area contributed by atoms with Crippen LogP contribution in [-0.4, -0.2) is 22.9 Å². The average molecular weight is 172 g/mol. The highest BCUT2D eigenvalue weighted by Crippen LogP contribution is 2.45. The highest BCUT2D eigenvalue weighted by Gasteiger charge is 2.41. The summed E-state index contributed by atoms with van der Waals surface area (Å²) in [5.74, 6) is 0. The van der Waals surface area contributed by atoms with Crippen LogP contribution in [0.5, 0.6) is 0 Å². The zero-order valence-corrected chi connectivity index (χ0v) is 8.30. The summed E-state index contributed by atoms with van der Waals surface area (Å²) in [5.41, 5.74) is -0.00153. The zero-order valence-electron chi connectivity index (χ0n) is 8.30. The second-order valence-corrected chi connectivity index (χ2v) is 5.19. The lowest BCUT2D eigenvalue weighted by Crippen LogP contribution is -2.42. The van der Waals surface area contributed by atoms with E-state index < -0.39 is 0 Å². The molecular weight excluding hydrogens is 152 g/mol.